The first-order chi connectivity index (χ1) is 15.6. The number of aromatic nitrogens is 2. The summed E-state index contributed by atoms with van der Waals surface area (Å²) in [4.78, 5) is 9.00. The maximum atomic E-state index is 6.33. The Morgan fingerprint density at radius 3 is 1.88 bits per heavy atom. The third-order valence-corrected chi connectivity index (χ3v) is 5.67. The van der Waals surface area contributed by atoms with E-state index >= 15 is 0 Å². The van der Waals surface area contributed by atoms with Crippen LogP contribution < -0.4 is 0 Å². The fraction of sp³-hybridized carbons (Fsp3) is 0.0714. The predicted molar refractivity (Wildman–Crippen MR) is 133 cm³/mol. The average molecular weight is 437 g/mol. The highest BCUT2D eigenvalue weighted by Gasteiger charge is 2.19. The number of allylic oxidation sites excluding steroid dienone is 1. The topological polar surface area (TPSA) is 38.9 Å². The van der Waals surface area contributed by atoms with E-state index in [-0.39, 0.29) is 5.28 Å². The molecule has 5 rings (SSSR count). The van der Waals surface area contributed by atoms with Gasteiger partial charge in [0.2, 0.25) is 11.0 Å². The summed E-state index contributed by atoms with van der Waals surface area (Å²) < 4.78 is 5.94. The zero-order valence-electron chi connectivity index (χ0n) is 17.8. The van der Waals surface area contributed by atoms with Crippen LogP contribution in [0.4, 0.5) is 0 Å². The lowest BCUT2D eigenvalue weighted by atomic mass is 9.94. The van der Waals surface area contributed by atoms with Crippen molar-refractivity contribution >= 4 is 28.8 Å². The van der Waals surface area contributed by atoms with Crippen molar-refractivity contribution < 1.29 is 4.42 Å². The second-order valence-electron chi connectivity index (χ2n) is 7.62. The van der Waals surface area contributed by atoms with Gasteiger partial charge in [-0.05, 0) is 65.9 Å². The van der Waals surface area contributed by atoms with Gasteiger partial charge in [-0.2, -0.15) is 4.98 Å². The van der Waals surface area contributed by atoms with Gasteiger partial charge in [-0.3, -0.25) is 0 Å². The molecular weight excluding hydrogens is 416 g/mol. The molecule has 0 aliphatic carbocycles. The number of aryl methyl sites for hydroxylation is 1. The molecule has 0 atom stereocenters. The van der Waals surface area contributed by atoms with E-state index in [0.717, 1.165) is 50.2 Å². The van der Waals surface area contributed by atoms with Crippen molar-refractivity contribution in [3.63, 3.8) is 0 Å². The van der Waals surface area contributed by atoms with Crippen LogP contribution in [0.25, 0.3) is 50.7 Å². The van der Waals surface area contributed by atoms with E-state index in [1.165, 1.54) is 0 Å². The Morgan fingerprint density at radius 2 is 1.31 bits per heavy atom. The first kappa shape index (κ1) is 20.2. The second kappa shape index (κ2) is 8.45. The highest BCUT2D eigenvalue weighted by atomic mass is 35.5. The Bertz CT molecular complexity index is 1380. The van der Waals surface area contributed by atoms with Crippen LogP contribution in [0.1, 0.15) is 18.2 Å². The summed E-state index contributed by atoms with van der Waals surface area (Å²) in [6.07, 6.45) is 4.02. The van der Waals surface area contributed by atoms with Gasteiger partial charge in [0.1, 0.15) is 5.76 Å². The Morgan fingerprint density at radius 1 is 0.750 bits per heavy atom. The van der Waals surface area contributed by atoms with Crippen LogP contribution in [0.3, 0.4) is 0 Å². The molecule has 32 heavy (non-hydrogen) atoms. The second-order valence-corrected chi connectivity index (χ2v) is 7.96. The van der Waals surface area contributed by atoms with Crippen molar-refractivity contribution in [2.24, 2.45) is 0 Å². The molecule has 3 aromatic carbocycles. The van der Waals surface area contributed by atoms with Crippen LogP contribution in [0.15, 0.2) is 89.4 Å². The summed E-state index contributed by atoms with van der Waals surface area (Å²) in [6.45, 7) is 3.92. The van der Waals surface area contributed by atoms with Gasteiger partial charge in [0.15, 0.2) is 0 Å². The highest BCUT2D eigenvalue weighted by Crippen LogP contribution is 2.38. The SMILES string of the molecule is C/C=C\c1c(C)oc2nc(Cl)nc(-c3cc(-c4ccccc4)cc(-c4ccccc4)c3)c12. The van der Waals surface area contributed by atoms with Crippen molar-refractivity contribution in [2.45, 2.75) is 13.8 Å². The number of rotatable bonds is 4. The Hall–Kier alpha value is -3.69. The summed E-state index contributed by atoms with van der Waals surface area (Å²) in [5.74, 6) is 0.790. The molecule has 2 aromatic heterocycles. The van der Waals surface area contributed by atoms with E-state index in [0.29, 0.717) is 5.71 Å². The van der Waals surface area contributed by atoms with E-state index in [1.807, 2.05) is 62.4 Å². The Labute approximate surface area is 192 Å². The molecule has 2 heterocycles. The van der Waals surface area contributed by atoms with Crippen molar-refractivity contribution in [3.05, 3.63) is 102 Å². The molecule has 0 bridgehead atoms. The third-order valence-electron chi connectivity index (χ3n) is 5.50. The van der Waals surface area contributed by atoms with Gasteiger partial charge >= 0.3 is 0 Å². The lowest BCUT2D eigenvalue weighted by molar-refractivity contribution is 0.566. The first-order valence-electron chi connectivity index (χ1n) is 10.5. The monoisotopic (exact) mass is 436 g/mol. The molecule has 3 nitrogen and oxygen atoms in total. The molecule has 156 valence electrons. The largest absolute Gasteiger partial charge is 0.442 e. The molecule has 0 saturated heterocycles. The summed E-state index contributed by atoms with van der Waals surface area (Å²) in [7, 11) is 0. The molecule has 0 aliphatic rings. The normalized spacial score (nSPS) is 11.5. The third kappa shape index (κ3) is 3.72. The van der Waals surface area contributed by atoms with E-state index in [2.05, 4.69) is 52.4 Å². The zero-order chi connectivity index (χ0) is 22.1. The standard InChI is InChI=1S/C28H21ClN2O/c1-3-10-24-18(2)32-27-25(24)26(30-28(29)31-27)23-16-21(19-11-6-4-7-12-19)15-22(17-23)20-13-8-5-9-14-20/h3-17H,1-2H3/b10-3-. The van der Waals surface area contributed by atoms with Gasteiger partial charge < -0.3 is 4.42 Å². The molecule has 0 N–H and O–H groups in total. The average Bonchev–Trinajstić information content (AvgIpc) is 3.14. The number of furan rings is 1. The number of hydrogen-bond donors (Lipinski definition) is 0. The predicted octanol–water partition coefficient (Wildman–Crippen LogP) is 8.22. The number of nitrogens with zero attached hydrogens (tertiary/aromatic N) is 2. The molecule has 0 saturated carbocycles. The Balaban J connectivity index is 1.83. The molecule has 0 spiro atoms. The van der Waals surface area contributed by atoms with Crippen LogP contribution >= 0.6 is 11.6 Å². The lowest BCUT2D eigenvalue weighted by Crippen LogP contribution is -1.92. The van der Waals surface area contributed by atoms with Gasteiger partial charge in [0.05, 0.1) is 11.1 Å². The lowest BCUT2D eigenvalue weighted by Gasteiger charge is -2.12. The highest BCUT2D eigenvalue weighted by molar-refractivity contribution is 6.29. The maximum Gasteiger partial charge on any atom is 0.231 e. The van der Waals surface area contributed by atoms with Crippen molar-refractivity contribution in [3.8, 4) is 33.5 Å². The number of hydrogen-bond acceptors (Lipinski definition) is 3. The minimum Gasteiger partial charge on any atom is -0.442 e. The molecule has 5 aromatic rings. The maximum absolute atomic E-state index is 6.33. The van der Waals surface area contributed by atoms with Crippen molar-refractivity contribution in [1.82, 2.24) is 9.97 Å². The minimum absolute atomic E-state index is 0.166. The zero-order valence-corrected chi connectivity index (χ0v) is 18.6. The quantitative estimate of drug-likeness (QED) is 0.266. The molecule has 0 fully saturated rings. The molecule has 0 unspecified atom stereocenters. The van der Waals surface area contributed by atoms with Crippen molar-refractivity contribution in [2.75, 3.05) is 0 Å². The van der Waals surface area contributed by atoms with Gasteiger partial charge in [-0.15, -0.1) is 0 Å². The van der Waals surface area contributed by atoms with Crippen LogP contribution in [0.2, 0.25) is 5.28 Å². The minimum atomic E-state index is 0.166. The Kier molecular flexibility index (Phi) is 5.34. The van der Waals surface area contributed by atoms with Gasteiger partial charge in [-0.1, -0.05) is 72.8 Å². The summed E-state index contributed by atoms with van der Waals surface area (Å²) >= 11 is 6.33. The number of benzene rings is 3. The fourth-order valence-corrected chi connectivity index (χ4v) is 4.20. The van der Waals surface area contributed by atoms with Gasteiger partial charge in [0, 0.05) is 11.1 Å². The summed E-state index contributed by atoms with van der Waals surface area (Å²) in [6, 6.07) is 27.2. The summed E-state index contributed by atoms with van der Waals surface area (Å²) in [5, 5.41) is 1.04. The van der Waals surface area contributed by atoms with E-state index in [1.54, 1.807) is 0 Å². The van der Waals surface area contributed by atoms with Crippen LogP contribution in [-0.2, 0) is 0 Å². The number of halogens is 1. The van der Waals surface area contributed by atoms with Gasteiger partial charge in [0.25, 0.3) is 0 Å². The molecule has 0 amide bonds. The van der Waals surface area contributed by atoms with Crippen LogP contribution in [0.5, 0.6) is 0 Å². The van der Waals surface area contributed by atoms with Crippen LogP contribution in [0, 0.1) is 6.92 Å². The number of fused-ring (bicyclic) bond motifs is 1. The van der Waals surface area contributed by atoms with E-state index in [4.69, 9.17) is 16.0 Å². The van der Waals surface area contributed by atoms with E-state index < -0.39 is 0 Å². The fourth-order valence-electron chi connectivity index (χ4n) is 4.04. The molecule has 4 heteroatoms. The van der Waals surface area contributed by atoms with Gasteiger partial charge in [-0.25, -0.2) is 4.98 Å². The molecule has 0 radical (unpaired) electrons. The molecule has 0 aliphatic heterocycles. The molecular formula is C28H21ClN2O. The smallest absolute Gasteiger partial charge is 0.231 e. The summed E-state index contributed by atoms with van der Waals surface area (Å²) in [5.41, 5.74) is 7.69. The van der Waals surface area contributed by atoms with E-state index in [9.17, 15) is 0 Å². The first-order valence-corrected chi connectivity index (χ1v) is 10.9. The van der Waals surface area contributed by atoms with Crippen LogP contribution in [-0.4, -0.2) is 9.97 Å². The van der Waals surface area contributed by atoms with Crippen molar-refractivity contribution in [1.29, 1.82) is 0 Å².